The highest BCUT2D eigenvalue weighted by molar-refractivity contribution is 5.97. The zero-order valence-electron chi connectivity index (χ0n) is 16.2. The van der Waals surface area contributed by atoms with E-state index in [-0.39, 0.29) is 18.7 Å². The first-order valence-electron chi connectivity index (χ1n) is 9.86. The fourth-order valence-corrected chi connectivity index (χ4v) is 3.83. The number of nitrogens with zero attached hydrogens (tertiary/aromatic N) is 1. The summed E-state index contributed by atoms with van der Waals surface area (Å²) in [6, 6.07) is 16.1. The van der Waals surface area contributed by atoms with Crippen LogP contribution in [-0.2, 0) is 4.79 Å². The van der Waals surface area contributed by atoms with Crippen molar-refractivity contribution in [2.24, 2.45) is 0 Å². The molecular formula is C23H26N2O3. The first kappa shape index (κ1) is 18.6. The van der Waals surface area contributed by atoms with Crippen molar-refractivity contribution in [3.63, 3.8) is 0 Å². The van der Waals surface area contributed by atoms with Gasteiger partial charge in [-0.25, -0.2) is 0 Å². The van der Waals surface area contributed by atoms with Crippen molar-refractivity contribution in [3.8, 4) is 11.5 Å². The van der Waals surface area contributed by atoms with Crippen LogP contribution >= 0.6 is 0 Å². The van der Waals surface area contributed by atoms with Crippen LogP contribution in [0.2, 0.25) is 0 Å². The molecule has 0 spiro atoms. The molecule has 146 valence electrons. The number of hydrogen-bond acceptors (Lipinski definition) is 4. The highest BCUT2D eigenvalue weighted by Crippen LogP contribution is 2.36. The number of carbonyl (C=O) groups is 1. The number of hydrogen-bond donors (Lipinski definition) is 1. The maximum absolute atomic E-state index is 12.6. The highest BCUT2D eigenvalue weighted by Gasteiger charge is 2.26. The standard InChI is InChI=1S/C23H26N2O3/c1-17(13-18-7-3-2-4-8-18)23(26)24-15-20(25-11-5-6-12-25)19-9-10-21-22(14-19)28-16-27-21/h2-4,7-10,13-14,20H,5-6,11-12,15-16H2,1H3,(H,24,26)/b17-13+. The minimum atomic E-state index is -0.0335. The maximum Gasteiger partial charge on any atom is 0.247 e. The normalized spacial score (nSPS) is 17.5. The Hall–Kier alpha value is -2.79. The van der Waals surface area contributed by atoms with Crippen LogP contribution in [0.4, 0.5) is 0 Å². The fraction of sp³-hybridized carbons (Fsp3) is 0.348. The molecule has 2 aliphatic rings. The zero-order chi connectivity index (χ0) is 19.3. The minimum Gasteiger partial charge on any atom is -0.454 e. The van der Waals surface area contributed by atoms with Crippen LogP contribution < -0.4 is 14.8 Å². The molecule has 0 aromatic heterocycles. The van der Waals surface area contributed by atoms with Crippen molar-refractivity contribution in [1.82, 2.24) is 10.2 Å². The second-order valence-corrected chi connectivity index (χ2v) is 7.32. The van der Waals surface area contributed by atoms with Crippen molar-refractivity contribution >= 4 is 12.0 Å². The Morgan fingerprint density at radius 3 is 2.64 bits per heavy atom. The number of rotatable bonds is 6. The molecule has 2 aliphatic heterocycles. The lowest BCUT2D eigenvalue weighted by molar-refractivity contribution is -0.117. The average Bonchev–Trinajstić information content (AvgIpc) is 3.40. The Bertz CT molecular complexity index is 857. The van der Waals surface area contributed by atoms with E-state index in [4.69, 9.17) is 9.47 Å². The summed E-state index contributed by atoms with van der Waals surface area (Å²) in [5, 5.41) is 3.12. The van der Waals surface area contributed by atoms with E-state index in [1.807, 2.05) is 55.5 Å². The van der Waals surface area contributed by atoms with Crippen molar-refractivity contribution in [2.45, 2.75) is 25.8 Å². The van der Waals surface area contributed by atoms with E-state index in [2.05, 4.69) is 16.3 Å². The van der Waals surface area contributed by atoms with Gasteiger partial charge in [0.1, 0.15) is 0 Å². The third kappa shape index (κ3) is 4.20. The van der Waals surface area contributed by atoms with Crippen molar-refractivity contribution in [3.05, 3.63) is 65.2 Å². The SMILES string of the molecule is C/C(=C\c1ccccc1)C(=O)NCC(c1ccc2c(c1)OCO2)N1CCCC1. The van der Waals surface area contributed by atoms with E-state index in [0.29, 0.717) is 12.1 Å². The summed E-state index contributed by atoms with van der Waals surface area (Å²) in [4.78, 5) is 15.1. The van der Waals surface area contributed by atoms with Crippen LogP contribution in [0, 0.1) is 0 Å². The Kier molecular flexibility index (Phi) is 5.63. The average molecular weight is 378 g/mol. The molecule has 1 atom stereocenters. The molecule has 0 aliphatic carbocycles. The maximum atomic E-state index is 12.6. The van der Waals surface area contributed by atoms with E-state index < -0.39 is 0 Å². The number of amides is 1. The monoisotopic (exact) mass is 378 g/mol. The van der Waals surface area contributed by atoms with E-state index in [1.165, 1.54) is 12.8 Å². The summed E-state index contributed by atoms with van der Waals surface area (Å²) in [5.41, 5.74) is 2.88. The van der Waals surface area contributed by atoms with Crippen LogP contribution in [0.1, 0.15) is 36.9 Å². The second-order valence-electron chi connectivity index (χ2n) is 7.32. The first-order valence-corrected chi connectivity index (χ1v) is 9.86. The molecule has 5 nitrogen and oxygen atoms in total. The number of carbonyl (C=O) groups excluding carboxylic acids is 1. The van der Waals surface area contributed by atoms with Gasteiger partial charge in [-0.1, -0.05) is 36.4 Å². The molecule has 2 heterocycles. The van der Waals surface area contributed by atoms with E-state index in [0.717, 1.165) is 35.7 Å². The van der Waals surface area contributed by atoms with Crippen molar-refractivity contribution in [2.75, 3.05) is 26.4 Å². The summed E-state index contributed by atoms with van der Waals surface area (Å²) < 4.78 is 11.0. The van der Waals surface area contributed by atoms with Crippen LogP contribution in [0.3, 0.4) is 0 Å². The number of benzene rings is 2. The lowest BCUT2D eigenvalue weighted by atomic mass is 10.0. The van der Waals surface area contributed by atoms with Gasteiger partial charge in [-0.3, -0.25) is 9.69 Å². The van der Waals surface area contributed by atoms with Crippen LogP contribution in [-0.4, -0.2) is 37.2 Å². The molecule has 1 N–H and O–H groups in total. The molecule has 4 rings (SSSR count). The molecule has 1 saturated heterocycles. The topological polar surface area (TPSA) is 50.8 Å². The lowest BCUT2D eigenvalue weighted by Gasteiger charge is -2.28. The van der Waals surface area contributed by atoms with E-state index >= 15 is 0 Å². The Morgan fingerprint density at radius 1 is 1.11 bits per heavy atom. The molecule has 5 heteroatoms. The smallest absolute Gasteiger partial charge is 0.247 e. The fourth-order valence-electron chi connectivity index (χ4n) is 3.83. The van der Waals surface area contributed by atoms with Gasteiger partial charge in [0.15, 0.2) is 11.5 Å². The number of fused-ring (bicyclic) bond motifs is 1. The molecule has 0 saturated carbocycles. The molecule has 1 unspecified atom stereocenters. The molecule has 2 aromatic carbocycles. The molecule has 28 heavy (non-hydrogen) atoms. The first-order chi connectivity index (χ1) is 13.7. The third-order valence-corrected chi connectivity index (χ3v) is 5.36. The summed E-state index contributed by atoms with van der Waals surface area (Å²) >= 11 is 0. The predicted molar refractivity (Wildman–Crippen MR) is 109 cm³/mol. The molecule has 2 aromatic rings. The second kappa shape index (κ2) is 8.48. The molecule has 0 bridgehead atoms. The number of nitrogens with one attached hydrogen (secondary N) is 1. The van der Waals surface area contributed by atoms with Crippen LogP contribution in [0.5, 0.6) is 11.5 Å². The van der Waals surface area contributed by atoms with Gasteiger partial charge >= 0.3 is 0 Å². The van der Waals surface area contributed by atoms with Gasteiger partial charge in [-0.05, 0) is 62.2 Å². The molecule has 1 amide bonds. The largest absolute Gasteiger partial charge is 0.454 e. The summed E-state index contributed by atoms with van der Waals surface area (Å²) in [7, 11) is 0. The van der Waals surface area contributed by atoms with Gasteiger partial charge in [-0.2, -0.15) is 0 Å². The Labute approximate surface area is 165 Å². The van der Waals surface area contributed by atoms with Gasteiger partial charge in [0.05, 0.1) is 6.04 Å². The lowest BCUT2D eigenvalue weighted by Crippen LogP contribution is -2.37. The minimum absolute atomic E-state index is 0.0335. The quantitative estimate of drug-likeness (QED) is 0.778. The van der Waals surface area contributed by atoms with Crippen molar-refractivity contribution in [1.29, 1.82) is 0 Å². The highest BCUT2D eigenvalue weighted by atomic mass is 16.7. The van der Waals surface area contributed by atoms with E-state index in [9.17, 15) is 4.79 Å². The molecule has 1 fully saturated rings. The van der Waals surface area contributed by atoms with Crippen LogP contribution in [0.25, 0.3) is 6.08 Å². The van der Waals surface area contributed by atoms with Gasteiger partial charge in [-0.15, -0.1) is 0 Å². The van der Waals surface area contributed by atoms with Gasteiger partial charge < -0.3 is 14.8 Å². The predicted octanol–water partition coefficient (Wildman–Crippen LogP) is 3.77. The van der Waals surface area contributed by atoms with Crippen molar-refractivity contribution < 1.29 is 14.3 Å². The van der Waals surface area contributed by atoms with Gasteiger partial charge in [0.2, 0.25) is 12.7 Å². The zero-order valence-corrected chi connectivity index (χ0v) is 16.2. The summed E-state index contributed by atoms with van der Waals surface area (Å²) in [6.07, 6.45) is 4.31. The van der Waals surface area contributed by atoms with Crippen LogP contribution in [0.15, 0.2) is 54.1 Å². The van der Waals surface area contributed by atoms with Gasteiger partial charge in [0.25, 0.3) is 0 Å². The Morgan fingerprint density at radius 2 is 1.86 bits per heavy atom. The van der Waals surface area contributed by atoms with Gasteiger partial charge in [0, 0.05) is 12.1 Å². The van der Waals surface area contributed by atoms with E-state index in [1.54, 1.807) is 0 Å². The summed E-state index contributed by atoms with van der Waals surface area (Å²) in [6.45, 7) is 4.79. The Balaban J connectivity index is 1.47. The number of ether oxygens (including phenoxy) is 2. The number of likely N-dealkylation sites (tertiary alicyclic amines) is 1. The summed E-state index contributed by atoms with van der Waals surface area (Å²) in [5.74, 6) is 1.54. The molecular weight excluding hydrogens is 352 g/mol. The molecule has 0 radical (unpaired) electrons. The third-order valence-electron chi connectivity index (χ3n) is 5.36.